The molecule has 0 radical (unpaired) electrons. The number of rotatable bonds is 6. The molecule has 2 aliphatic rings. The zero-order valence-electron chi connectivity index (χ0n) is 12.9. The number of hydrogen-bond donors (Lipinski definition) is 1. The largest absolute Gasteiger partial charge is 0.381 e. The number of nitrogens with one attached hydrogen (secondary N) is 1. The molecule has 0 aromatic heterocycles. The molecule has 3 heteroatoms. The lowest BCUT2D eigenvalue weighted by molar-refractivity contribution is -0.00903. The van der Waals surface area contributed by atoms with Crippen molar-refractivity contribution >= 4 is 0 Å². The maximum absolute atomic E-state index is 5.59. The fourth-order valence-electron chi connectivity index (χ4n) is 3.77. The van der Waals surface area contributed by atoms with Gasteiger partial charge in [-0.25, -0.2) is 0 Å². The molecule has 3 nitrogen and oxygen atoms in total. The second kappa shape index (κ2) is 7.61. The lowest BCUT2D eigenvalue weighted by Gasteiger charge is -2.43. The van der Waals surface area contributed by atoms with E-state index < -0.39 is 0 Å². The SMILES string of the molecule is CCNCC1(CN(C)C2CCCCC2)CCOCC1. The van der Waals surface area contributed by atoms with Gasteiger partial charge < -0.3 is 15.0 Å². The van der Waals surface area contributed by atoms with E-state index in [1.54, 1.807) is 0 Å². The average molecular weight is 268 g/mol. The zero-order chi connectivity index (χ0) is 13.6. The van der Waals surface area contributed by atoms with Crippen LogP contribution in [0.15, 0.2) is 0 Å². The van der Waals surface area contributed by atoms with Crippen LogP contribution in [0.5, 0.6) is 0 Å². The highest BCUT2D eigenvalue weighted by Gasteiger charge is 2.34. The Labute approximate surface area is 119 Å². The van der Waals surface area contributed by atoms with Gasteiger partial charge in [-0.05, 0) is 44.7 Å². The van der Waals surface area contributed by atoms with Gasteiger partial charge in [0.15, 0.2) is 0 Å². The molecule has 1 saturated carbocycles. The first kappa shape index (κ1) is 15.3. The topological polar surface area (TPSA) is 24.5 Å². The fourth-order valence-corrected chi connectivity index (χ4v) is 3.77. The molecule has 1 aliphatic heterocycles. The van der Waals surface area contributed by atoms with E-state index in [0.29, 0.717) is 5.41 Å². The first-order valence-corrected chi connectivity index (χ1v) is 8.24. The summed E-state index contributed by atoms with van der Waals surface area (Å²) in [4.78, 5) is 2.65. The molecule has 2 rings (SSSR count). The van der Waals surface area contributed by atoms with E-state index in [0.717, 1.165) is 32.3 Å². The van der Waals surface area contributed by atoms with Crippen molar-refractivity contribution in [2.75, 3.05) is 39.9 Å². The Balaban J connectivity index is 1.90. The van der Waals surface area contributed by atoms with Crippen molar-refractivity contribution in [1.29, 1.82) is 0 Å². The summed E-state index contributed by atoms with van der Waals surface area (Å²) in [6, 6.07) is 0.829. The van der Waals surface area contributed by atoms with Crippen LogP contribution in [0.3, 0.4) is 0 Å². The smallest absolute Gasteiger partial charge is 0.0472 e. The Morgan fingerprint density at radius 1 is 1.16 bits per heavy atom. The molecule has 1 heterocycles. The predicted molar refractivity (Wildman–Crippen MR) is 80.5 cm³/mol. The van der Waals surface area contributed by atoms with Crippen molar-refractivity contribution in [2.45, 2.75) is 57.9 Å². The molecule has 1 saturated heterocycles. The molecule has 0 atom stereocenters. The summed E-state index contributed by atoms with van der Waals surface area (Å²) in [7, 11) is 2.35. The van der Waals surface area contributed by atoms with E-state index >= 15 is 0 Å². The first-order chi connectivity index (χ1) is 9.26. The Morgan fingerprint density at radius 2 is 1.84 bits per heavy atom. The quantitative estimate of drug-likeness (QED) is 0.801. The summed E-state index contributed by atoms with van der Waals surface area (Å²) in [6.07, 6.45) is 9.56. The molecule has 2 fully saturated rings. The van der Waals surface area contributed by atoms with Crippen LogP contribution in [0.2, 0.25) is 0 Å². The monoisotopic (exact) mass is 268 g/mol. The lowest BCUT2D eigenvalue weighted by Crippen LogP contribution is -2.49. The molecule has 0 spiro atoms. The van der Waals surface area contributed by atoms with E-state index in [2.05, 4.69) is 24.2 Å². The number of hydrogen-bond acceptors (Lipinski definition) is 3. The van der Waals surface area contributed by atoms with Crippen molar-refractivity contribution < 1.29 is 4.74 Å². The Bertz CT molecular complexity index is 245. The molecule has 0 amide bonds. The number of nitrogens with zero attached hydrogens (tertiary/aromatic N) is 1. The van der Waals surface area contributed by atoms with Gasteiger partial charge in [0.2, 0.25) is 0 Å². The van der Waals surface area contributed by atoms with Gasteiger partial charge in [-0.2, -0.15) is 0 Å². The molecule has 0 aromatic carbocycles. The average Bonchev–Trinajstić information content (AvgIpc) is 2.47. The van der Waals surface area contributed by atoms with Crippen LogP contribution in [0.4, 0.5) is 0 Å². The van der Waals surface area contributed by atoms with Gasteiger partial charge in [0.1, 0.15) is 0 Å². The van der Waals surface area contributed by atoms with Crippen LogP contribution in [-0.2, 0) is 4.74 Å². The third-order valence-electron chi connectivity index (χ3n) is 5.09. The van der Waals surface area contributed by atoms with Crippen LogP contribution < -0.4 is 5.32 Å². The Hall–Kier alpha value is -0.120. The Morgan fingerprint density at radius 3 is 2.47 bits per heavy atom. The number of ether oxygens (including phenoxy) is 1. The summed E-state index contributed by atoms with van der Waals surface area (Å²) in [5.74, 6) is 0. The molecule has 19 heavy (non-hydrogen) atoms. The van der Waals surface area contributed by atoms with E-state index in [1.165, 1.54) is 51.5 Å². The first-order valence-electron chi connectivity index (χ1n) is 8.24. The van der Waals surface area contributed by atoms with Crippen molar-refractivity contribution in [3.05, 3.63) is 0 Å². The van der Waals surface area contributed by atoms with E-state index in [4.69, 9.17) is 4.74 Å². The van der Waals surface area contributed by atoms with Gasteiger partial charge in [-0.1, -0.05) is 26.2 Å². The highest BCUT2D eigenvalue weighted by Crippen LogP contribution is 2.33. The minimum Gasteiger partial charge on any atom is -0.381 e. The summed E-state index contributed by atoms with van der Waals surface area (Å²) in [6.45, 7) is 7.58. The van der Waals surface area contributed by atoms with Gasteiger partial charge in [0.25, 0.3) is 0 Å². The summed E-state index contributed by atoms with van der Waals surface area (Å²) in [5, 5.41) is 3.58. The maximum Gasteiger partial charge on any atom is 0.0472 e. The highest BCUT2D eigenvalue weighted by molar-refractivity contribution is 4.88. The van der Waals surface area contributed by atoms with Crippen molar-refractivity contribution in [2.24, 2.45) is 5.41 Å². The third kappa shape index (κ3) is 4.44. The van der Waals surface area contributed by atoms with Crippen LogP contribution in [0.1, 0.15) is 51.9 Å². The van der Waals surface area contributed by atoms with Gasteiger partial charge in [0.05, 0.1) is 0 Å². The normalized spacial score (nSPS) is 24.8. The van der Waals surface area contributed by atoms with Gasteiger partial charge in [-0.3, -0.25) is 0 Å². The summed E-state index contributed by atoms with van der Waals surface area (Å²) in [5.41, 5.74) is 0.445. The van der Waals surface area contributed by atoms with Gasteiger partial charge in [-0.15, -0.1) is 0 Å². The third-order valence-corrected chi connectivity index (χ3v) is 5.09. The van der Waals surface area contributed by atoms with Crippen molar-refractivity contribution in [3.8, 4) is 0 Å². The second-order valence-corrected chi connectivity index (χ2v) is 6.60. The van der Waals surface area contributed by atoms with Crippen LogP contribution in [0, 0.1) is 5.41 Å². The lowest BCUT2D eigenvalue weighted by atomic mass is 9.78. The molecule has 1 aliphatic carbocycles. The minimum atomic E-state index is 0.445. The van der Waals surface area contributed by atoms with E-state index in [9.17, 15) is 0 Å². The summed E-state index contributed by atoms with van der Waals surface area (Å²) >= 11 is 0. The maximum atomic E-state index is 5.59. The van der Waals surface area contributed by atoms with Crippen LogP contribution in [0.25, 0.3) is 0 Å². The minimum absolute atomic E-state index is 0.445. The van der Waals surface area contributed by atoms with Crippen molar-refractivity contribution in [3.63, 3.8) is 0 Å². The molecule has 112 valence electrons. The summed E-state index contributed by atoms with van der Waals surface area (Å²) < 4.78 is 5.59. The van der Waals surface area contributed by atoms with E-state index in [1.807, 2.05) is 0 Å². The molecule has 0 unspecified atom stereocenters. The molecule has 0 bridgehead atoms. The molecular formula is C16H32N2O. The fraction of sp³-hybridized carbons (Fsp3) is 1.00. The van der Waals surface area contributed by atoms with E-state index in [-0.39, 0.29) is 0 Å². The standard InChI is InChI=1S/C16H32N2O/c1-3-17-13-16(9-11-19-12-10-16)14-18(2)15-7-5-4-6-8-15/h15,17H,3-14H2,1-2H3. The molecule has 1 N–H and O–H groups in total. The zero-order valence-corrected chi connectivity index (χ0v) is 12.9. The van der Waals surface area contributed by atoms with Crippen LogP contribution >= 0.6 is 0 Å². The second-order valence-electron chi connectivity index (χ2n) is 6.60. The Kier molecular flexibility index (Phi) is 6.11. The predicted octanol–water partition coefficient (Wildman–Crippen LogP) is 2.66. The van der Waals surface area contributed by atoms with Crippen LogP contribution in [-0.4, -0.2) is 50.8 Å². The highest BCUT2D eigenvalue weighted by atomic mass is 16.5. The molecular weight excluding hydrogens is 236 g/mol. The van der Waals surface area contributed by atoms with Crippen molar-refractivity contribution in [1.82, 2.24) is 10.2 Å². The molecule has 0 aromatic rings. The van der Waals surface area contributed by atoms with Gasteiger partial charge >= 0.3 is 0 Å². The van der Waals surface area contributed by atoms with Gasteiger partial charge in [0, 0.05) is 32.3 Å².